The zero-order valence-corrected chi connectivity index (χ0v) is 7.18. The van der Waals surface area contributed by atoms with Crippen LogP contribution in [0.25, 0.3) is 0 Å². The van der Waals surface area contributed by atoms with Gasteiger partial charge in [-0.3, -0.25) is 4.79 Å². The van der Waals surface area contributed by atoms with Crippen LogP contribution in [0.15, 0.2) is 30.3 Å². The molecule has 0 spiro atoms. The summed E-state index contributed by atoms with van der Waals surface area (Å²) in [5.41, 5.74) is 0.827. The Labute approximate surface area is 77.2 Å². The van der Waals surface area contributed by atoms with Gasteiger partial charge in [-0.1, -0.05) is 18.2 Å². The van der Waals surface area contributed by atoms with Crippen LogP contribution in [0.4, 0.5) is 5.69 Å². The first-order valence-corrected chi connectivity index (χ1v) is 4.02. The number of benzene rings is 1. The highest BCUT2D eigenvalue weighted by Gasteiger charge is 2.02. The Morgan fingerprint density at radius 3 is 2.62 bits per heavy atom. The summed E-state index contributed by atoms with van der Waals surface area (Å²) in [6, 6.07) is 11.3. The van der Waals surface area contributed by atoms with E-state index in [2.05, 4.69) is 0 Å². The van der Waals surface area contributed by atoms with E-state index >= 15 is 0 Å². The SMILES string of the molecule is N#CCCN(C=O)c1ccccc1. The lowest BCUT2D eigenvalue weighted by Gasteiger charge is -2.14. The van der Waals surface area contributed by atoms with Crippen molar-refractivity contribution in [3.63, 3.8) is 0 Å². The average molecular weight is 174 g/mol. The standard InChI is InChI=1S/C10H10N2O/c11-7-4-8-12(9-13)10-5-2-1-3-6-10/h1-3,5-6,9H,4,8H2. The van der Waals surface area contributed by atoms with E-state index in [4.69, 9.17) is 5.26 Å². The van der Waals surface area contributed by atoms with E-state index in [1.54, 1.807) is 0 Å². The van der Waals surface area contributed by atoms with Gasteiger partial charge in [0.25, 0.3) is 0 Å². The summed E-state index contributed by atoms with van der Waals surface area (Å²) in [4.78, 5) is 12.1. The molecule has 0 aliphatic carbocycles. The molecule has 1 aromatic rings. The molecule has 0 aliphatic heterocycles. The van der Waals surface area contributed by atoms with E-state index in [9.17, 15) is 4.79 Å². The number of nitrogens with zero attached hydrogens (tertiary/aromatic N) is 2. The summed E-state index contributed by atoms with van der Waals surface area (Å²) < 4.78 is 0. The second-order valence-corrected chi connectivity index (χ2v) is 2.54. The first kappa shape index (κ1) is 9.27. The van der Waals surface area contributed by atoms with Gasteiger partial charge in [0.15, 0.2) is 0 Å². The van der Waals surface area contributed by atoms with Gasteiger partial charge in [0.2, 0.25) is 6.41 Å². The van der Waals surface area contributed by atoms with Crippen LogP contribution in [0.1, 0.15) is 6.42 Å². The molecule has 0 heterocycles. The lowest BCUT2D eigenvalue weighted by atomic mass is 10.3. The Morgan fingerprint density at radius 2 is 2.08 bits per heavy atom. The van der Waals surface area contributed by atoms with Crippen molar-refractivity contribution in [3.05, 3.63) is 30.3 Å². The molecule has 0 aromatic heterocycles. The molecule has 1 aromatic carbocycles. The highest BCUT2D eigenvalue weighted by molar-refractivity contribution is 5.74. The molecular formula is C10H10N2O. The van der Waals surface area contributed by atoms with Crippen molar-refractivity contribution in [2.75, 3.05) is 11.4 Å². The normalized spacial score (nSPS) is 8.85. The lowest BCUT2D eigenvalue weighted by molar-refractivity contribution is -0.107. The highest BCUT2D eigenvalue weighted by Crippen LogP contribution is 2.10. The third kappa shape index (κ3) is 2.60. The Kier molecular flexibility index (Phi) is 3.52. The van der Waals surface area contributed by atoms with Gasteiger partial charge in [0, 0.05) is 12.2 Å². The summed E-state index contributed by atoms with van der Waals surface area (Å²) in [5, 5.41) is 8.36. The fourth-order valence-corrected chi connectivity index (χ4v) is 1.03. The van der Waals surface area contributed by atoms with E-state index in [0.717, 1.165) is 12.1 Å². The molecule has 0 bridgehead atoms. The number of hydrogen-bond acceptors (Lipinski definition) is 2. The number of anilines is 1. The minimum absolute atomic E-state index is 0.355. The van der Waals surface area contributed by atoms with Gasteiger partial charge in [-0.05, 0) is 12.1 Å². The quantitative estimate of drug-likeness (QED) is 0.650. The second kappa shape index (κ2) is 4.94. The van der Waals surface area contributed by atoms with Crippen molar-refractivity contribution in [2.45, 2.75) is 6.42 Å². The molecule has 0 unspecified atom stereocenters. The van der Waals surface area contributed by atoms with Gasteiger partial charge in [-0.15, -0.1) is 0 Å². The molecule has 0 N–H and O–H groups in total. The molecular weight excluding hydrogens is 164 g/mol. The molecule has 0 atom stereocenters. The lowest BCUT2D eigenvalue weighted by Crippen LogP contribution is -2.21. The molecule has 0 radical (unpaired) electrons. The van der Waals surface area contributed by atoms with E-state index in [1.807, 2.05) is 36.4 Å². The number of para-hydroxylation sites is 1. The maximum atomic E-state index is 10.6. The zero-order chi connectivity index (χ0) is 9.52. The van der Waals surface area contributed by atoms with Crippen molar-refractivity contribution in [1.82, 2.24) is 0 Å². The van der Waals surface area contributed by atoms with E-state index in [1.165, 1.54) is 4.90 Å². The Morgan fingerprint density at radius 1 is 1.38 bits per heavy atom. The van der Waals surface area contributed by atoms with Crippen LogP contribution in [0.5, 0.6) is 0 Å². The van der Waals surface area contributed by atoms with E-state index < -0.39 is 0 Å². The molecule has 13 heavy (non-hydrogen) atoms. The minimum Gasteiger partial charge on any atom is -0.314 e. The van der Waals surface area contributed by atoms with Crippen LogP contribution >= 0.6 is 0 Å². The predicted molar refractivity (Wildman–Crippen MR) is 50.1 cm³/mol. The van der Waals surface area contributed by atoms with Crippen molar-refractivity contribution in [3.8, 4) is 6.07 Å². The molecule has 1 amide bonds. The van der Waals surface area contributed by atoms with Crippen LogP contribution in [0, 0.1) is 11.3 Å². The minimum atomic E-state index is 0.355. The Balaban J connectivity index is 2.68. The summed E-state index contributed by atoms with van der Waals surface area (Å²) >= 11 is 0. The highest BCUT2D eigenvalue weighted by atomic mass is 16.1. The summed E-state index contributed by atoms with van der Waals surface area (Å²) in [6.07, 6.45) is 1.10. The number of carbonyl (C=O) groups excluding carboxylic acids is 1. The largest absolute Gasteiger partial charge is 0.314 e. The third-order valence-electron chi connectivity index (χ3n) is 1.68. The first-order valence-electron chi connectivity index (χ1n) is 4.02. The average Bonchev–Trinajstić information content (AvgIpc) is 2.21. The van der Waals surface area contributed by atoms with E-state index in [-0.39, 0.29) is 0 Å². The van der Waals surface area contributed by atoms with Gasteiger partial charge in [-0.2, -0.15) is 5.26 Å². The van der Waals surface area contributed by atoms with Crippen molar-refractivity contribution in [2.24, 2.45) is 0 Å². The smallest absolute Gasteiger partial charge is 0.214 e. The van der Waals surface area contributed by atoms with Crippen LogP contribution in [-0.4, -0.2) is 13.0 Å². The third-order valence-corrected chi connectivity index (χ3v) is 1.68. The van der Waals surface area contributed by atoms with Crippen molar-refractivity contribution < 1.29 is 4.79 Å². The number of rotatable bonds is 4. The second-order valence-electron chi connectivity index (χ2n) is 2.54. The molecule has 0 saturated heterocycles. The molecule has 3 heteroatoms. The fraction of sp³-hybridized carbons (Fsp3) is 0.200. The Bertz CT molecular complexity index is 302. The maximum Gasteiger partial charge on any atom is 0.214 e. The molecule has 0 aliphatic rings. The first-order chi connectivity index (χ1) is 6.38. The summed E-state index contributed by atoms with van der Waals surface area (Å²) in [5.74, 6) is 0. The van der Waals surface area contributed by atoms with Gasteiger partial charge in [-0.25, -0.2) is 0 Å². The maximum absolute atomic E-state index is 10.6. The topological polar surface area (TPSA) is 44.1 Å². The number of amides is 1. The number of hydrogen-bond donors (Lipinski definition) is 0. The van der Waals surface area contributed by atoms with Crippen LogP contribution in [-0.2, 0) is 4.79 Å². The zero-order valence-electron chi connectivity index (χ0n) is 7.18. The predicted octanol–water partition coefficient (Wildman–Crippen LogP) is 1.56. The van der Waals surface area contributed by atoms with Gasteiger partial charge >= 0.3 is 0 Å². The number of nitriles is 1. The summed E-state index contributed by atoms with van der Waals surface area (Å²) in [7, 11) is 0. The van der Waals surface area contributed by atoms with Crippen molar-refractivity contribution in [1.29, 1.82) is 5.26 Å². The molecule has 3 nitrogen and oxygen atoms in total. The monoisotopic (exact) mass is 174 g/mol. The Hall–Kier alpha value is -1.82. The van der Waals surface area contributed by atoms with Gasteiger partial charge in [0.1, 0.15) is 0 Å². The van der Waals surface area contributed by atoms with Gasteiger partial charge < -0.3 is 4.90 Å². The van der Waals surface area contributed by atoms with Crippen molar-refractivity contribution >= 4 is 12.1 Å². The summed E-state index contributed by atoms with van der Waals surface area (Å²) in [6.45, 7) is 0.448. The van der Waals surface area contributed by atoms with Crippen LogP contribution in [0.3, 0.4) is 0 Å². The molecule has 1 rings (SSSR count). The van der Waals surface area contributed by atoms with Gasteiger partial charge in [0.05, 0.1) is 12.5 Å². The molecule has 66 valence electrons. The van der Waals surface area contributed by atoms with Crippen LogP contribution in [0.2, 0.25) is 0 Å². The fourth-order valence-electron chi connectivity index (χ4n) is 1.03. The number of carbonyl (C=O) groups is 1. The van der Waals surface area contributed by atoms with E-state index in [0.29, 0.717) is 13.0 Å². The van der Waals surface area contributed by atoms with Crippen LogP contribution < -0.4 is 4.90 Å². The molecule has 0 saturated carbocycles. The molecule has 0 fully saturated rings.